The minimum atomic E-state index is -0.467. The van der Waals surface area contributed by atoms with E-state index < -0.39 is 5.41 Å². The van der Waals surface area contributed by atoms with Gasteiger partial charge in [-0.2, -0.15) is 0 Å². The van der Waals surface area contributed by atoms with Gasteiger partial charge in [0, 0.05) is 18.5 Å². The fourth-order valence-electron chi connectivity index (χ4n) is 2.31. The van der Waals surface area contributed by atoms with Crippen molar-refractivity contribution in [3.05, 3.63) is 20.8 Å². The molecule has 0 bridgehead atoms. The van der Waals surface area contributed by atoms with E-state index >= 15 is 0 Å². The summed E-state index contributed by atoms with van der Waals surface area (Å²) in [5.41, 5.74) is -0.467. The lowest BCUT2D eigenvalue weighted by molar-refractivity contribution is -0.149. The van der Waals surface area contributed by atoms with Crippen LogP contribution in [0.2, 0.25) is 0 Å². The number of carbonyl (C=O) groups is 1. The molecule has 1 saturated carbocycles. The smallest absolute Gasteiger partial charge is 0.230 e. The maximum atomic E-state index is 12.3. The third-order valence-corrected chi connectivity index (χ3v) is 5.42. The van der Waals surface area contributed by atoms with Gasteiger partial charge in [-0.3, -0.25) is 4.79 Å². The zero-order valence-electron chi connectivity index (χ0n) is 10.5. The lowest BCUT2D eigenvalue weighted by atomic mass is 9.68. The molecule has 0 spiro atoms. The molecule has 0 saturated heterocycles. The van der Waals surface area contributed by atoms with Gasteiger partial charge in [0.05, 0.1) is 15.8 Å². The number of aliphatic hydroxyl groups excluding tert-OH is 1. The van der Waals surface area contributed by atoms with Gasteiger partial charge in [0.25, 0.3) is 0 Å². The van der Waals surface area contributed by atoms with Gasteiger partial charge in [0.15, 0.2) is 0 Å². The van der Waals surface area contributed by atoms with Crippen molar-refractivity contribution in [2.45, 2.75) is 25.7 Å². The quantitative estimate of drug-likeness (QED) is 0.901. The number of thiophene rings is 1. The van der Waals surface area contributed by atoms with Crippen molar-refractivity contribution in [2.24, 2.45) is 5.41 Å². The van der Waals surface area contributed by atoms with E-state index in [4.69, 9.17) is 0 Å². The van der Waals surface area contributed by atoms with Crippen molar-refractivity contribution >= 4 is 33.2 Å². The molecular weight excluding hydrogens is 314 g/mol. The van der Waals surface area contributed by atoms with Gasteiger partial charge < -0.3 is 10.0 Å². The van der Waals surface area contributed by atoms with E-state index in [1.807, 2.05) is 13.1 Å². The van der Waals surface area contributed by atoms with Gasteiger partial charge in [0.2, 0.25) is 5.91 Å². The molecule has 3 nitrogen and oxygen atoms in total. The predicted octanol–water partition coefficient (Wildman–Crippen LogP) is 2.67. The van der Waals surface area contributed by atoms with E-state index in [0.717, 1.165) is 29.5 Å². The second kappa shape index (κ2) is 5.72. The first-order chi connectivity index (χ1) is 8.57. The number of amides is 1. The second-order valence-electron chi connectivity index (χ2n) is 4.97. The van der Waals surface area contributed by atoms with Crippen LogP contribution < -0.4 is 0 Å². The van der Waals surface area contributed by atoms with Crippen LogP contribution in [0.1, 0.15) is 24.1 Å². The lowest BCUT2D eigenvalue weighted by Crippen LogP contribution is -2.49. The molecule has 1 N–H and O–H groups in total. The molecule has 100 valence electrons. The largest absolute Gasteiger partial charge is 0.395 e. The fraction of sp³-hybridized carbons (Fsp3) is 0.615. The van der Waals surface area contributed by atoms with Gasteiger partial charge in [-0.05, 0) is 47.3 Å². The average Bonchev–Trinajstić information content (AvgIpc) is 2.71. The molecule has 0 aromatic carbocycles. The molecule has 1 aliphatic rings. The summed E-state index contributed by atoms with van der Waals surface area (Å²) < 4.78 is 1.12. The summed E-state index contributed by atoms with van der Waals surface area (Å²) in [7, 11) is 1.83. The van der Waals surface area contributed by atoms with Gasteiger partial charge in [-0.25, -0.2) is 0 Å². The van der Waals surface area contributed by atoms with Crippen LogP contribution in [-0.4, -0.2) is 36.1 Å². The van der Waals surface area contributed by atoms with Crippen LogP contribution in [0.4, 0.5) is 0 Å². The highest BCUT2D eigenvalue weighted by molar-refractivity contribution is 9.11. The van der Waals surface area contributed by atoms with Crippen molar-refractivity contribution in [3.63, 3.8) is 0 Å². The first-order valence-electron chi connectivity index (χ1n) is 6.18. The van der Waals surface area contributed by atoms with Crippen LogP contribution in [0.3, 0.4) is 0 Å². The van der Waals surface area contributed by atoms with E-state index in [-0.39, 0.29) is 12.5 Å². The highest BCUT2D eigenvalue weighted by Crippen LogP contribution is 2.41. The van der Waals surface area contributed by atoms with Crippen molar-refractivity contribution in [2.75, 3.05) is 20.2 Å². The first kappa shape index (κ1) is 14.0. The molecule has 5 heteroatoms. The van der Waals surface area contributed by atoms with E-state index in [1.54, 1.807) is 16.2 Å². The summed E-state index contributed by atoms with van der Waals surface area (Å²) >= 11 is 5.14. The zero-order valence-corrected chi connectivity index (χ0v) is 12.9. The molecule has 1 aromatic heterocycles. The third kappa shape index (κ3) is 2.78. The Kier molecular flexibility index (Phi) is 4.45. The van der Waals surface area contributed by atoms with Crippen LogP contribution in [0, 0.1) is 5.41 Å². The SMILES string of the molecule is CN(CCc1ccc(Br)s1)C(=O)C1(CO)CCC1. The Balaban J connectivity index is 1.87. The van der Waals surface area contributed by atoms with Crippen LogP contribution in [0.25, 0.3) is 0 Å². The number of hydrogen-bond acceptors (Lipinski definition) is 3. The summed E-state index contributed by atoms with van der Waals surface area (Å²) in [5.74, 6) is 0.104. The molecular formula is C13H18BrNO2S. The number of carbonyl (C=O) groups excluding carboxylic acids is 1. The van der Waals surface area contributed by atoms with Gasteiger partial charge in [-0.1, -0.05) is 6.42 Å². The van der Waals surface area contributed by atoms with Crippen molar-refractivity contribution in [3.8, 4) is 0 Å². The zero-order chi connectivity index (χ0) is 13.2. The summed E-state index contributed by atoms with van der Waals surface area (Å²) in [4.78, 5) is 15.3. The molecule has 18 heavy (non-hydrogen) atoms. The fourth-order valence-corrected chi connectivity index (χ4v) is 3.79. The molecule has 1 heterocycles. The van der Waals surface area contributed by atoms with Gasteiger partial charge >= 0.3 is 0 Å². The van der Waals surface area contributed by atoms with Gasteiger partial charge in [-0.15, -0.1) is 11.3 Å². The van der Waals surface area contributed by atoms with Crippen LogP contribution in [-0.2, 0) is 11.2 Å². The topological polar surface area (TPSA) is 40.5 Å². The van der Waals surface area contributed by atoms with E-state index in [9.17, 15) is 9.90 Å². The molecule has 0 aliphatic heterocycles. The number of halogens is 1. The van der Waals surface area contributed by atoms with E-state index in [2.05, 4.69) is 22.0 Å². The molecule has 2 rings (SSSR count). The molecule has 0 atom stereocenters. The molecule has 1 aromatic rings. The third-order valence-electron chi connectivity index (χ3n) is 3.74. The van der Waals surface area contributed by atoms with Crippen LogP contribution in [0.5, 0.6) is 0 Å². The molecule has 1 aliphatic carbocycles. The Morgan fingerprint density at radius 2 is 2.28 bits per heavy atom. The van der Waals surface area contributed by atoms with E-state index in [0.29, 0.717) is 6.54 Å². The molecule has 0 unspecified atom stereocenters. The Labute approximate surface area is 120 Å². The normalized spacial score (nSPS) is 17.3. The Bertz CT molecular complexity index is 423. The van der Waals surface area contributed by atoms with Crippen molar-refractivity contribution < 1.29 is 9.90 Å². The Morgan fingerprint density at radius 1 is 1.56 bits per heavy atom. The van der Waals surface area contributed by atoms with Crippen molar-refractivity contribution in [1.82, 2.24) is 4.90 Å². The number of rotatable bonds is 5. The maximum absolute atomic E-state index is 12.3. The minimum Gasteiger partial charge on any atom is -0.395 e. The number of aliphatic hydroxyl groups is 1. The number of likely N-dealkylation sites (N-methyl/N-ethyl adjacent to an activating group) is 1. The summed E-state index contributed by atoms with van der Waals surface area (Å²) in [6.45, 7) is 0.703. The Hall–Kier alpha value is -0.390. The number of nitrogens with zero attached hydrogens (tertiary/aromatic N) is 1. The highest BCUT2D eigenvalue weighted by Gasteiger charge is 2.44. The highest BCUT2D eigenvalue weighted by atomic mass is 79.9. The summed E-state index contributed by atoms with van der Waals surface area (Å²) in [6, 6.07) is 4.11. The lowest BCUT2D eigenvalue weighted by Gasteiger charge is -2.41. The van der Waals surface area contributed by atoms with Gasteiger partial charge in [0.1, 0.15) is 0 Å². The van der Waals surface area contributed by atoms with Crippen LogP contribution >= 0.6 is 27.3 Å². The predicted molar refractivity (Wildman–Crippen MR) is 76.7 cm³/mol. The molecule has 0 radical (unpaired) electrons. The molecule has 1 fully saturated rings. The monoisotopic (exact) mass is 331 g/mol. The molecule has 1 amide bonds. The summed E-state index contributed by atoms with van der Waals surface area (Å²) in [6.07, 6.45) is 3.59. The second-order valence-corrected chi connectivity index (χ2v) is 7.52. The minimum absolute atomic E-state index is 0.0132. The average molecular weight is 332 g/mol. The van der Waals surface area contributed by atoms with E-state index in [1.165, 1.54) is 4.88 Å². The summed E-state index contributed by atoms with van der Waals surface area (Å²) in [5, 5.41) is 9.39. The first-order valence-corrected chi connectivity index (χ1v) is 7.79. The maximum Gasteiger partial charge on any atom is 0.230 e. The standard InChI is InChI=1S/C13H18BrNO2S/c1-15(8-5-10-3-4-11(14)18-10)12(17)13(9-16)6-2-7-13/h3-4,16H,2,5-9H2,1H3. The van der Waals surface area contributed by atoms with Crippen molar-refractivity contribution in [1.29, 1.82) is 0 Å². The number of hydrogen-bond donors (Lipinski definition) is 1. The van der Waals surface area contributed by atoms with Crippen LogP contribution in [0.15, 0.2) is 15.9 Å². The Morgan fingerprint density at radius 3 is 2.72 bits per heavy atom.